The summed E-state index contributed by atoms with van der Waals surface area (Å²) in [5.74, 6) is -1.21. The van der Waals surface area contributed by atoms with E-state index in [2.05, 4.69) is 25.9 Å². The van der Waals surface area contributed by atoms with Gasteiger partial charge in [-0.25, -0.2) is 19.2 Å². The zero-order valence-electron chi connectivity index (χ0n) is 9.32. The number of benzene rings is 1. The van der Waals surface area contributed by atoms with E-state index >= 15 is 0 Å². The van der Waals surface area contributed by atoms with E-state index in [-0.39, 0.29) is 11.4 Å². The molecule has 0 atom stereocenters. The van der Waals surface area contributed by atoms with Crippen LogP contribution in [0.1, 0.15) is 16.1 Å². The topological polar surface area (TPSA) is 63.1 Å². The molecule has 4 nitrogen and oxygen atoms in total. The molecule has 0 unspecified atom stereocenters. The molecule has 1 aromatic carbocycles. The lowest BCUT2D eigenvalue weighted by molar-refractivity contribution is 0.0695. The zero-order valence-corrected chi connectivity index (χ0v) is 10.9. The fourth-order valence-corrected chi connectivity index (χ4v) is 1.96. The lowest BCUT2D eigenvalue weighted by atomic mass is 10.2. The van der Waals surface area contributed by atoms with Gasteiger partial charge >= 0.3 is 5.97 Å². The van der Waals surface area contributed by atoms with E-state index in [9.17, 15) is 9.18 Å². The third kappa shape index (κ3) is 2.53. The number of aromatic nitrogens is 2. The molecule has 0 saturated carbocycles. The van der Waals surface area contributed by atoms with Gasteiger partial charge in [-0.3, -0.25) is 0 Å². The van der Waals surface area contributed by atoms with Crippen LogP contribution in [0.3, 0.4) is 0 Å². The van der Waals surface area contributed by atoms with Crippen molar-refractivity contribution < 1.29 is 14.3 Å². The van der Waals surface area contributed by atoms with Crippen LogP contribution in [-0.4, -0.2) is 21.0 Å². The van der Waals surface area contributed by atoms with Gasteiger partial charge in [-0.15, -0.1) is 0 Å². The summed E-state index contributed by atoms with van der Waals surface area (Å²) < 4.78 is 13.8. The lowest BCUT2D eigenvalue weighted by Crippen LogP contribution is -2.04. The Kier molecular flexibility index (Phi) is 3.38. The SMILES string of the molecule is Cc1nc(-c2cc(F)cc(Br)c2)ncc1C(=O)O. The highest BCUT2D eigenvalue weighted by molar-refractivity contribution is 9.10. The first kappa shape index (κ1) is 12.6. The van der Waals surface area contributed by atoms with Crippen LogP contribution in [0.4, 0.5) is 4.39 Å². The Bertz CT molecular complexity index is 611. The van der Waals surface area contributed by atoms with E-state index in [4.69, 9.17) is 5.11 Å². The van der Waals surface area contributed by atoms with Crippen molar-refractivity contribution in [1.29, 1.82) is 0 Å². The molecule has 0 bridgehead atoms. The van der Waals surface area contributed by atoms with Gasteiger partial charge in [0.1, 0.15) is 5.82 Å². The maximum Gasteiger partial charge on any atom is 0.339 e. The fraction of sp³-hybridized carbons (Fsp3) is 0.0833. The van der Waals surface area contributed by atoms with Crippen molar-refractivity contribution >= 4 is 21.9 Å². The van der Waals surface area contributed by atoms with E-state index in [1.807, 2.05) is 0 Å². The lowest BCUT2D eigenvalue weighted by Gasteiger charge is -2.04. The molecule has 18 heavy (non-hydrogen) atoms. The smallest absolute Gasteiger partial charge is 0.339 e. The third-order valence-corrected chi connectivity index (χ3v) is 2.79. The van der Waals surface area contributed by atoms with Gasteiger partial charge in [-0.1, -0.05) is 15.9 Å². The van der Waals surface area contributed by atoms with Gasteiger partial charge < -0.3 is 5.11 Å². The van der Waals surface area contributed by atoms with Crippen LogP contribution in [0, 0.1) is 12.7 Å². The Hall–Kier alpha value is -1.82. The molecule has 1 N–H and O–H groups in total. The monoisotopic (exact) mass is 310 g/mol. The predicted molar refractivity (Wildman–Crippen MR) is 66.8 cm³/mol. The van der Waals surface area contributed by atoms with Crippen molar-refractivity contribution in [2.24, 2.45) is 0 Å². The summed E-state index contributed by atoms with van der Waals surface area (Å²) in [4.78, 5) is 18.8. The number of hydrogen-bond donors (Lipinski definition) is 1. The van der Waals surface area contributed by atoms with Crippen molar-refractivity contribution in [2.45, 2.75) is 6.92 Å². The highest BCUT2D eigenvalue weighted by atomic mass is 79.9. The summed E-state index contributed by atoms with van der Waals surface area (Å²) in [6.45, 7) is 1.57. The molecule has 0 radical (unpaired) electrons. The Morgan fingerprint density at radius 2 is 2.11 bits per heavy atom. The maximum absolute atomic E-state index is 13.2. The van der Waals surface area contributed by atoms with Crippen LogP contribution in [0.25, 0.3) is 11.4 Å². The number of halogens is 2. The van der Waals surface area contributed by atoms with Crippen molar-refractivity contribution in [2.75, 3.05) is 0 Å². The second-order valence-corrected chi connectivity index (χ2v) is 4.57. The van der Waals surface area contributed by atoms with E-state index in [0.29, 0.717) is 15.7 Å². The molecule has 2 aromatic rings. The first-order valence-electron chi connectivity index (χ1n) is 5.01. The number of carbonyl (C=O) groups is 1. The highest BCUT2D eigenvalue weighted by Crippen LogP contribution is 2.22. The van der Waals surface area contributed by atoms with Gasteiger partial charge in [0.15, 0.2) is 5.82 Å². The molecule has 0 amide bonds. The first-order chi connectivity index (χ1) is 8.47. The van der Waals surface area contributed by atoms with Crippen LogP contribution in [-0.2, 0) is 0 Å². The summed E-state index contributed by atoms with van der Waals surface area (Å²) in [7, 11) is 0. The minimum absolute atomic E-state index is 0.0363. The molecule has 6 heteroatoms. The van der Waals surface area contributed by atoms with E-state index in [1.165, 1.54) is 18.3 Å². The number of aryl methyl sites for hydroxylation is 1. The molecule has 1 aromatic heterocycles. The van der Waals surface area contributed by atoms with Gasteiger partial charge in [0.25, 0.3) is 0 Å². The summed E-state index contributed by atoms with van der Waals surface area (Å²) in [6.07, 6.45) is 1.22. The quantitative estimate of drug-likeness (QED) is 0.926. The van der Waals surface area contributed by atoms with Crippen LogP contribution in [0.15, 0.2) is 28.9 Å². The predicted octanol–water partition coefficient (Wildman–Crippen LogP) is 3.05. The average Bonchev–Trinajstić information content (AvgIpc) is 2.26. The molecule has 1 heterocycles. The van der Waals surface area contributed by atoms with Gasteiger partial charge in [0.05, 0.1) is 11.3 Å². The standard InChI is InChI=1S/C12H8BrFN2O2/c1-6-10(12(17)18)5-15-11(16-6)7-2-8(13)4-9(14)3-7/h2-5H,1H3,(H,17,18). The first-order valence-corrected chi connectivity index (χ1v) is 5.80. The van der Waals surface area contributed by atoms with Crippen LogP contribution >= 0.6 is 15.9 Å². The zero-order chi connectivity index (χ0) is 13.3. The number of aromatic carboxylic acids is 1. The van der Waals surface area contributed by atoms with Gasteiger partial charge in [-0.05, 0) is 25.1 Å². The molecule has 0 aliphatic heterocycles. The number of carboxylic acids is 1. The summed E-state index contributed by atoms with van der Waals surface area (Å²) in [6, 6.07) is 4.28. The molecule has 0 aliphatic rings. The minimum Gasteiger partial charge on any atom is -0.478 e. The van der Waals surface area contributed by atoms with Crippen molar-refractivity contribution in [3.05, 3.63) is 45.9 Å². The van der Waals surface area contributed by atoms with Crippen LogP contribution < -0.4 is 0 Å². The molecule has 0 aliphatic carbocycles. The second kappa shape index (κ2) is 4.81. The number of carboxylic acid groups (broad SMARTS) is 1. The highest BCUT2D eigenvalue weighted by Gasteiger charge is 2.11. The molecule has 0 spiro atoms. The fourth-order valence-electron chi connectivity index (χ4n) is 1.50. The van der Waals surface area contributed by atoms with E-state index < -0.39 is 11.8 Å². The number of rotatable bonds is 2. The molecular weight excluding hydrogens is 303 g/mol. The normalized spacial score (nSPS) is 10.4. The molecular formula is C12H8BrFN2O2. The summed E-state index contributed by atoms with van der Waals surface area (Å²) >= 11 is 3.18. The molecule has 0 fully saturated rings. The maximum atomic E-state index is 13.2. The number of hydrogen-bond acceptors (Lipinski definition) is 3. The Labute approximate surface area is 111 Å². The Morgan fingerprint density at radius 1 is 1.39 bits per heavy atom. The van der Waals surface area contributed by atoms with Gasteiger partial charge in [0.2, 0.25) is 0 Å². The van der Waals surface area contributed by atoms with Crippen molar-refractivity contribution in [3.63, 3.8) is 0 Å². The van der Waals surface area contributed by atoms with Crippen LogP contribution in [0.2, 0.25) is 0 Å². The Balaban J connectivity index is 2.52. The summed E-state index contributed by atoms with van der Waals surface area (Å²) in [5.41, 5.74) is 0.865. The van der Waals surface area contributed by atoms with Gasteiger partial charge in [-0.2, -0.15) is 0 Å². The molecule has 2 rings (SSSR count). The molecule has 0 saturated heterocycles. The third-order valence-electron chi connectivity index (χ3n) is 2.33. The largest absolute Gasteiger partial charge is 0.478 e. The second-order valence-electron chi connectivity index (χ2n) is 3.66. The van der Waals surface area contributed by atoms with E-state index in [0.717, 1.165) is 0 Å². The number of nitrogens with zero attached hydrogens (tertiary/aromatic N) is 2. The average molecular weight is 311 g/mol. The minimum atomic E-state index is -1.08. The van der Waals surface area contributed by atoms with Gasteiger partial charge in [0, 0.05) is 16.2 Å². The van der Waals surface area contributed by atoms with E-state index in [1.54, 1.807) is 13.0 Å². The van der Waals surface area contributed by atoms with Crippen molar-refractivity contribution in [3.8, 4) is 11.4 Å². The molecule has 92 valence electrons. The Morgan fingerprint density at radius 3 is 2.67 bits per heavy atom. The summed E-state index contributed by atoms with van der Waals surface area (Å²) in [5, 5.41) is 8.87. The van der Waals surface area contributed by atoms with Crippen molar-refractivity contribution in [1.82, 2.24) is 9.97 Å². The van der Waals surface area contributed by atoms with Crippen LogP contribution in [0.5, 0.6) is 0 Å².